The molecule has 1 atom stereocenters. The van der Waals surface area contributed by atoms with Crippen LogP contribution in [0.5, 0.6) is 0 Å². The summed E-state index contributed by atoms with van der Waals surface area (Å²) in [6, 6.07) is 2.19. The molecule has 1 aromatic rings. The second kappa shape index (κ2) is 9.88. The van der Waals surface area contributed by atoms with Crippen molar-refractivity contribution >= 4 is 34.1 Å². The molecule has 2 aliphatic rings. The summed E-state index contributed by atoms with van der Waals surface area (Å²) in [7, 11) is 0. The Bertz CT molecular complexity index is 821. The van der Waals surface area contributed by atoms with Gasteiger partial charge in [0, 0.05) is 10.8 Å². The largest absolute Gasteiger partial charge is 0.454 e. The van der Waals surface area contributed by atoms with Gasteiger partial charge in [-0.1, -0.05) is 26.2 Å². The number of fused-ring (bicyclic) bond motifs is 1. The van der Waals surface area contributed by atoms with Crippen molar-refractivity contribution in [1.29, 1.82) is 5.26 Å². The SMILES string of the molecule is C[C@@H]1CCc2c(sc(NC(=O)COC(=O)CNC(=O)C3CCCCC3)c2C#N)C1. The standard InChI is InChI=1S/C21H27N3O4S/c1-13-7-8-15-16(10-22)21(29-17(15)9-13)24-18(25)12-28-19(26)11-23-20(27)14-5-3-2-4-6-14/h13-14H,2-9,11-12H2,1H3,(H,23,27)(H,24,25)/t13-/m1/s1. The third-order valence-electron chi connectivity index (χ3n) is 5.62. The van der Waals surface area contributed by atoms with Crippen LogP contribution in [0, 0.1) is 23.2 Å². The highest BCUT2D eigenvalue weighted by molar-refractivity contribution is 7.16. The van der Waals surface area contributed by atoms with E-state index in [2.05, 4.69) is 23.6 Å². The highest BCUT2D eigenvalue weighted by atomic mass is 32.1. The van der Waals surface area contributed by atoms with Crippen molar-refractivity contribution in [1.82, 2.24) is 5.32 Å². The monoisotopic (exact) mass is 417 g/mol. The van der Waals surface area contributed by atoms with Gasteiger partial charge in [0.05, 0.1) is 5.56 Å². The molecule has 1 fully saturated rings. The Morgan fingerprint density at radius 3 is 2.69 bits per heavy atom. The van der Waals surface area contributed by atoms with E-state index in [1.165, 1.54) is 11.3 Å². The van der Waals surface area contributed by atoms with Crippen molar-refractivity contribution in [2.75, 3.05) is 18.5 Å². The molecule has 7 nitrogen and oxygen atoms in total. The quantitative estimate of drug-likeness (QED) is 0.692. The zero-order chi connectivity index (χ0) is 20.8. The van der Waals surface area contributed by atoms with Crippen LogP contribution < -0.4 is 10.6 Å². The fraction of sp³-hybridized carbons (Fsp3) is 0.619. The summed E-state index contributed by atoms with van der Waals surface area (Å²) in [6.45, 7) is 1.50. The molecule has 1 saturated carbocycles. The number of nitriles is 1. The molecule has 0 saturated heterocycles. The Morgan fingerprint density at radius 2 is 1.97 bits per heavy atom. The molecule has 29 heavy (non-hydrogen) atoms. The van der Waals surface area contributed by atoms with E-state index in [9.17, 15) is 19.6 Å². The molecule has 8 heteroatoms. The van der Waals surface area contributed by atoms with E-state index in [1.807, 2.05) is 0 Å². The van der Waals surface area contributed by atoms with Gasteiger partial charge in [-0.2, -0.15) is 5.26 Å². The summed E-state index contributed by atoms with van der Waals surface area (Å²) in [6.07, 6.45) is 7.75. The van der Waals surface area contributed by atoms with Crippen LogP contribution in [0.2, 0.25) is 0 Å². The van der Waals surface area contributed by atoms with E-state index < -0.39 is 18.5 Å². The van der Waals surface area contributed by atoms with Gasteiger partial charge >= 0.3 is 5.97 Å². The van der Waals surface area contributed by atoms with Gasteiger partial charge in [-0.05, 0) is 43.6 Å². The first-order valence-corrected chi connectivity index (χ1v) is 11.1. The number of carbonyl (C=O) groups is 3. The number of hydrogen-bond acceptors (Lipinski definition) is 6. The predicted octanol–water partition coefficient (Wildman–Crippen LogP) is 2.92. The maximum absolute atomic E-state index is 12.2. The normalized spacial score (nSPS) is 19.0. The molecule has 0 bridgehead atoms. The number of rotatable bonds is 6. The number of nitrogens with one attached hydrogen (secondary N) is 2. The van der Waals surface area contributed by atoms with Crippen molar-refractivity contribution < 1.29 is 19.1 Å². The Hall–Kier alpha value is -2.40. The van der Waals surface area contributed by atoms with Crippen LogP contribution >= 0.6 is 11.3 Å². The minimum Gasteiger partial charge on any atom is -0.454 e. The van der Waals surface area contributed by atoms with Crippen molar-refractivity contribution in [3.05, 3.63) is 16.0 Å². The fourth-order valence-electron chi connectivity index (χ4n) is 3.99. The number of carbonyl (C=O) groups excluding carboxylic acids is 3. The number of hydrogen-bond donors (Lipinski definition) is 2. The molecule has 2 amide bonds. The Morgan fingerprint density at radius 1 is 1.21 bits per heavy atom. The molecule has 0 radical (unpaired) electrons. The molecule has 0 spiro atoms. The molecule has 2 aliphatic carbocycles. The van der Waals surface area contributed by atoms with E-state index in [0.717, 1.165) is 61.8 Å². The van der Waals surface area contributed by atoms with E-state index in [4.69, 9.17) is 4.74 Å². The summed E-state index contributed by atoms with van der Waals surface area (Å²) in [5.41, 5.74) is 1.56. The predicted molar refractivity (Wildman–Crippen MR) is 109 cm³/mol. The number of anilines is 1. The first-order valence-electron chi connectivity index (χ1n) is 10.3. The zero-order valence-electron chi connectivity index (χ0n) is 16.7. The number of esters is 1. The summed E-state index contributed by atoms with van der Waals surface area (Å²) in [4.78, 5) is 37.2. The van der Waals surface area contributed by atoms with Gasteiger partial charge in [0.25, 0.3) is 5.91 Å². The van der Waals surface area contributed by atoms with Gasteiger partial charge in [-0.25, -0.2) is 0 Å². The molecule has 0 unspecified atom stereocenters. The third-order valence-corrected chi connectivity index (χ3v) is 6.79. The van der Waals surface area contributed by atoms with Crippen LogP contribution in [0.3, 0.4) is 0 Å². The second-order valence-electron chi connectivity index (χ2n) is 7.93. The molecule has 0 aromatic carbocycles. The van der Waals surface area contributed by atoms with Gasteiger partial charge < -0.3 is 15.4 Å². The summed E-state index contributed by atoms with van der Waals surface area (Å²) >= 11 is 1.43. The zero-order valence-corrected chi connectivity index (χ0v) is 17.5. The van der Waals surface area contributed by atoms with Gasteiger partial charge in [0.15, 0.2) is 6.61 Å². The van der Waals surface area contributed by atoms with Gasteiger partial charge in [-0.3, -0.25) is 14.4 Å². The first kappa shape index (κ1) is 21.3. The minimum absolute atomic E-state index is 0.0307. The topological polar surface area (TPSA) is 108 Å². The van der Waals surface area contributed by atoms with Crippen LogP contribution in [-0.2, 0) is 32.0 Å². The maximum Gasteiger partial charge on any atom is 0.325 e. The highest BCUT2D eigenvalue weighted by Crippen LogP contribution is 2.39. The fourth-order valence-corrected chi connectivity index (χ4v) is 5.36. The summed E-state index contributed by atoms with van der Waals surface area (Å²) < 4.78 is 4.96. The van der Waals surface area contributed by atoms with Crippen LogP contribution in [0.15, 0.2) is 0 Å². The highest BCUT2D eigenvalue weighted by Gasteiger charge is 2.25. The lowest BCUT2D eigenvalue weighted by atomic mass is 9.89. The average molecular weight is 418 g/mol. The van der Waals surface area contributed by atoms with Gasteiger partial charge in [-0.15, -0.1) is 11.3 Å². The van der Waals surface area contributed by atoms with Crippen molar-refractivity contribution in [3.63, 3.8) is 0 Å². The number of amides is 2. The van der Waals surface area contributed by atoms with E-state index in [0.29, 0.717) is 16.5 Å². The van der Waals surface area contributed by atoms with Crippen LogP contribution in [0.1, 0.15) is 61.5 Å². The smallest absolute Gasteiger partial charge is 0.325 e. The first-order chi connectivity index (χ1) is 14.0. The third kappa shape index (κ3) is 5.57. The maximum atomic E-state index is 12.2. The Labute approximate surface area is 174 Å². The lowest BCUT2D eigenvalue weighted by Gasteiger charge is -2.20. The van der Waals surface area contributed by atoms with Crippen LogP contribution in [0.4, 0.5) is 5.00 Å². The van der Waals surface area contributed by atoms with E-state index >= 15 is 0 Å². The second-order valence-corrected chi connectivity index (χ2v) is 9.03. The van der Waals surface area contributed by atoms with Gasteiger partial charge in [0.2, 0.25) is 5.91 Å². The lowest BCUT2D eigenvalue weighted by Crippen LogP contribution is -2.36. The van der Waals surface area contributed by atoms with E-state index in [1.54, 1.807) is 0 Å². The Kier molecular flexibility index (Phi) is 7.26. The molecule has 2 N–H and O–H groups in total. The van der Waals surface area contributed by atoms with Crippen LogP contribution in [0.25, 0.3) is 0 Å². The Balaban J connectivity index is 1.44. The molecule has 156 valence electrons. The molecular formula is C21H27N3O4S. The molecular weight excluding hydrogens is 390 g/mol. The number of thiophene rings is 1. The molecule has 0 aliphatic heterocycles. The number of nitrogens with zero attached hydrogens (tertiary/aromatic N) is 1. The average Bonchev–Trinajstić information content (AvgIpc) is 3.06. The van der Waals surface area contributed by atoms with E-state index in [-0.39, 0.29) is 18.4 Å². The van der Waals surface area contributed by atoms with Crippen molar-refractivity contribution in [2.24, 2.45) is 11.8 Å². The minimum atomic E-state index is -0.649. The number of ether oxygens (including phenoxy) is 1. The summed E-state index contributed by atoms with van der Waals surface area (Å²) in [5, 5.41) is 15.3. The molecule has 1 aromatic heterocycles. The van der Waals surface area contributed by atoms with Crippen molar-refractivity contribution in [2.45, 2.75) is 58.3 Å². The molecule has 1 heterocycles. The van der Waals surface area contributed by atoms with Crippen molar-refractivity contribution in [3.8, 4) is 6.07 Å². The molecule has 3 rings (SSSR count). The summed E-state index contributed by atoms with van der Waals surface area (Å²) in [5.74, 6) is -0.717. The lowest BCUT2D eigenvalue weighted by molar-refractivity contribution is -0.147. The van der Waals surface area contributed by atoms with Gasteiger partial charge in [0.1, 0.15) is 17.6 Å². The van der Waals surface area contributed by atoms with Crippen LogP contribution in [-0.4, -0.2) is 30.9 Å².